The van der Waals surface area contributed by atoms with Crippen LogP contribution in [0, 0.1) is 13.8 Å². The van der Waals surface area contributed by atoms with Gasteiger partial charge in [-0.15, -0.1) is 0 Å². The summed E-state index contributed by atoms with van der Waals surface area (Å²) in [6, 6.07) is 4.32. The smallest absolute Gasteiger partial charge is 0.383 e. The molecule has 5 heterocycles. The van der Waals surface area contributed by atoms with Crippen LogP contribution >= 0.6 is 0 Å². The molecule has 0 spiro atoms. The summed E-state index contributed by atoms with van der Waals surface area (Å²) in [5.41, 5.74) is -0.525. The number of ketones is 3. The van der Waals surface area contributed by atoms with Crippen LogP contribution in [0.1, 0.15) is 85.1 Å². The maximum absolute atomic E-state index is 16.6. The number of alkyl halides is 4. The van der Waals surface area contributed by atoms with E-state index in [0.717, 1.165) is 17.4 Å². The van der Waals surface area contributed by atoms with Crippen molar-refractivity contribution in [3.63, 3.8) is 0 Å². The number of halogens is 4. The predicted molar refractivity (Wildman–Crippen MR) is 183 cm³/mol. The summed E-state index contributed by atoms with van der Waals surface area (Å²) in [6.07, 6.45) is -0.400. The van der Waals surface area contributed by atoms with E-state index in [1.165, 1.54) is 24.6 Å². The van der Waals surface area contributed by atoms with Gasteiger partial charge in [0.15, 0.2) is 11.6 Å². The van der Waals surface area contributed by atoms with E-state index in [4.69, 9.17) is 0 Å². The number of nitrogens with zero attached hydrogens (tertiary/aromatic N) is 6. The van der Waals surface area contributed by atoms with E-state index in [9.17, 15) is 32.3 Å². The van der Waals surface area contributed by atoms with Gasteiger partial charge in [0.05, 0.1) is 35.9 Å². The van der Waals surface area contributed by atoms with Gasteiger partial charge in [-0.2, -0.15) is 18.3 Å². The lowest BCUT2D eigenvalue weighted by Crippen LogP contribution is -2.43. The summed E-state index contributed by atoms with van der Waals surface area (Å²) >= 11 is 0. The van der Waals surface area contributed by atoms with Gasteiger partial charge in [-0.25, -0.2) is 19.3 Å². The Morgan fingerprint density at radius 2 is 1.77 bits per heavy atom. The van der Waals surface area contributed by atoms with Crippen molar-refractivity contribution in [1.82, 2.24) is 29.6 Å². The fourth-order valence-electron chi connectivity index (χ4n) is 6.95. The van der Waals surface area contributed by atoms with Crippen LogP contribution in [0.2, 0.25) is 0 Å². The minimum atomic E-state index is -4.74. The summed E-state index contributed by atoms with van der Waals surface area (Å²) < 4.78 is 58.4. The summed E-state index contributed by atoms with van der Waals surface area (Å²) in [7, 11) is 0. The molecule has 4 aromatic rings. The van der Waals surface area contributed by atoms with Gasteiger partial charge in [-0.05, 0) is 62.4 Å². The van der Waals surface area contributed by atoms with E-state index in [1.54, 1.807) is 25.4 Å². The van der Waals surface area contributed by atoms with Crippen molar-refractivity contribution in [2.75, 3.05) is 18.4 Å². The Balaban J connectivity index is 1.40. The molecule has 15 heteroatoms. The molecular weight excluding hydrogens is 682 g/mol. The molecule has 52 heavy (non-hydrogen) atoms. The monoisotopic (exact) mass is 721 g/mol. The number of carbonyl (C=O) groups is 4. The van der Waals surface area contributed by atoms with Gasteiger partial charge in [0.1, 0.15) is 35.2 Å². The summed E-state index contributed by atoms with van der Waals surface area (Å²) in [5, 5.41) is 8.41. The lowest BCUT2D eigenvalue weighted by molar-refractivity contribution is -0.141. The zero-order valence-electron chi connectivity index (χ0n) is 29.1. The second-order valence-electron chi connectivity index (χ2n) is 13.8. The molecule has 6 rings (SSSR count). The SMILES string of the molecule is CC(=O)c1nn2c3c(cc(-c4cnc(C)nc4)cc13)NCCCCCC(=O)CC[C@@]1(F)C[C@@H](C(=O)Cc3nc(C(F)(F)F)ccc3C)N(C1)C(=O)C2. The molecule has 2 aliphatic heterocycles. The number of pyridine rings is 1. The number of anilines is 1. The largest absolute Gasteiger partial charge is 0.433 e. The number of benzene rings is 1. The lowest BCUT2D eigenvalue weighted by Gasteiger charge is -2.24. The van der Waals surface area contributed by atoms with E-state index in [-0.39, 0.29) is 42.2 Å². The Morgan fingerprint density at radius 1 is 1.02 bits per heavy atom. The number of fused-ring (bicyclic) bond motifs is 2. The van der Waals surface area contributed by atoms with Crippen molar-refractivity contribution >= 4 is 39.8 Å². The third-order valence-corrected chi connectivity index (χ3v) is 9.79. The first-order valence-corrected chi connectivity index (χ1v) is 17.3. The zero-order valence-corrected chi connectivity index (χ0v) is 29.1. The number of rotatable bonds is 5. The molecule has 1 saturated heterocycles. The quantitative estimate of drug-likeness (QED) is 0.189. The van der Waals surface area contributed by atoms with Gasteiger partial charge >= 0.3 is 6.18 Å². The number of aromatic nitrogens is 5. The van der Waals surface area contributed by atoms with Crippen LogP contribution in [0.25, 0.3) is 22.0 Å². The van der Waals surface area contributed by atoms with E-state index in [1.807, 2.05) is 6.07 Å². The van der Waals surface area contributed by atoms with Crippen molar-refractivity contribution in [1.29, 1.82) is 0 Å². The molecule has 0 unspecified atom stereocenters. The Labute approximate surface area is 297 Å². The molecule has 1 N–H and O–H groups in total. The highest BCUT2D eigenvalue weighted by Gasteiger charge is 2.49. The Kier molecular flexibility index (Phi) is 10.2. The number of aryl methyl sites for hydroxylation is 2. The minimum Gasteiger partial charge on any atom is -0.383 e. The molecule has 2 atom stereocenters. The number of amides is 1. The van der Waals surface area contributed by atoms with Gasteiger partial charge in [0.2, 0.25) is 5.91 Å². The maximum atomic E-state index is 16.6. The standard InChI is InChI=1S/C37H39F4N7O4/c1-21-8-9-32(37(39,40)41)45-28(21)15-31(51)30-16-36(38)11-10-26(50)7-5-4-6-12-42-29-14-24(25-17-43-23(3)44-18-25)13-27-34(22(2)49)46-48(35(27)29)19-33(52)47(30)20-36/h8-9,13-14,17-18,30,42H,4-7,10-12,15-16,19-20H2,1-3H3/t30-,36+/m0/s1. The average molecular weight is 722 g/mol. The summed E-state index contributed by atoms with van der Waals surface area (Å²) in [4.78, 5) is 67.1. The normalized spacial score (nSPS) is 20.5. The fraction of sp³-hybridized carbons (Fsp3) is 0.459. The Bertz CT molecular complexity index is 2050. The zero-order chi connectivity index (χ0) is 37.4. The van der Waals surface area contributed by atoms with E-state index < -0.39 is 61.2 Å². The number of carbonyl (C=O) groups excluding carboxylic acids is 4. The van der Waals surface area contributed by atoms with Crippen LogP contribution in [0.4, 0.5) is 23.2 Å². The number of hydrogen-bond acceptors (Lipinski definition) is 9. The first kappa shape index (κ1) is 36.7. The van der Waals surface area contributed by atoms with Crippen LogP contribution in [-0.4, -0.2) is 77.7 Å². The van der Waals surface area contributed by atoms with E-state index in [2.05, 4.69) is 25.4 Å². The van der Waals surface area contributed by atoms with Gasteiger partial charge in [0, 0.05) is 56.1 Å². The number of Topliss-reactive ketones (excluding diaryl/α,β-unsaturated/α-hetero) is 3. The molecule has 1 amide bonds. The molecule has 0 radical (unpaired) electrons. The van der Waals surface area contributed by atoms with Crippen LogP contribution in [0.3, 0.4) is 0 Å². The van der Waals surface area contributed by atoms with Crippen molar-refractivity contribution in [3.05, 3.63) is 65.1 Å². The maximum Gasteiger partial charge on any atom is 0.433 e. The first-order chi connectivity index (χ1) is 24.6. The molecule has 3 aromatic heterocycles. The second-order valence-corrected chi connectivity index (χ2v) is 13.8. The molecule has 0 saturated carbocycles. The summed E-state index contributed by atoms with van der Waals surface area (Å²) in [6.45, 7) is 4.19. The number of hydrogen-bond donors (Lipinski definition) is 1. The third kappa shape index (κ3) is 7.87. The van der Waals surface area contributed by atoms with Gasteiger partial charge < -0.3 is 10.2 Å². The van der Waals surface area contributed by atoms with Gasteiger partial charge in [0.25, 0.3) is 0 Å². The molecule has 274 valence electrons. The average Bonchev–Trinajstić information content (AvgIpc) is 3.64. The summed E-state index contributed by atoms with van der Waals surface area (Å²) in [5.74, 6) is -1.25. The molecular formula is C37H39F4N7O4. The molecule has 2 bridgehead atoms. The fourth-order valence-corrected chi connectivity index (χ4v) is 6.95. The minimum absolute atomic E-state index is 0.0787. The van der Waals surface area contributed by atoms with Gasteiger partial charge in [-0.1, -0.05) is 12.5 Å². The third-order valence-electron chi connectivity index (χ3n) is 9.79. The second kappa shape index (κ2) is 14.5. The van der Waals surface area contributed by atoms with E-state index >= 15 is 4.39 Å². The van der Waals surface area contributed by atoms with E-state index in [0.29, 0.717) is 58.5 Å². The van der Waals surface area contributed by atoms with Crippen LogP contribution in [0.5, 0.6) is 0 Å². The lowest BCUT2D eigenvalue weighted by atomic mass is 9.92. The van der Waals surface area contributed by atoms with Crippen LogP contribution in [0.15, 0.2) is 36.7 Å². The first-order valence-electron chi connectivity index (χ1n) is 17.3. The van der Waals surface area contributed by atoms with Crippen molar-refractivity contribution in [2.24, 2.45) is 0 Å². The van der Waals surface area contributed by atoms with Crippen LogP contribution < -0.4 is 5.32 Å². The molecule has 0 aliphatic carbocycles. The van der Waals surface area contributed by atoms with Crippen molar-refractivity contribution < 1.29 is 36.7 Å². The molecule has 1 fully saturated rings. The highest BCUT2D eigenvalue weighted by molar-refractivity contribution is 6.09. The highest BCUT2D eigenvalue weighted by Crippen LogP contribution is 2.38. The molecule has 11 nitrogen and oxygen atoms in total. The van der Waals surface area contributed by atoms with Crippen molar-refractivity contribution in [3.8, 4) is 11.1 Å². The van der Waals surface area contributed by atoms with Crippen LogP contribution in [-0.2, 0) is 33.5 Å². The van der Waals surface area contributed by atoms with Gasteiger partial charge in [-0.3, -0.25) is 23.9 Å². The predicted octanol–water partition coefficient (Wildman–Crippen LogP) is 6.18. The molecule has 2 aliphatic rings. The van der Waals surface area contributed by atoms with Crippen molar-refractivity contribution in [2.45, 2.75) is 96.6 Å². The Morgan fingerprint density at radius 3 is 2.48 bits per heavy atom. The Hall–Kier alpha value is -5.08. The number of nitrogens with one attached hydrogen (secondary N) is 1. The highest BCUT2D eigenvalue weighted by atomic mass is 19.4. The molecule has 1 aromatic carbocycles. The topological polar surface area (TPSA) is 140 Å².